The Morgan fingerprint density at radius 1 is 1.32 bits per heavy atom. The van der Waals surface area contributed by atoms with Gasteiger partial charge in [-0.05, 0) is 31.9 Å². The summed E-state index contributed by atoms with van der Waals surface area (Å²) in [5, 5.41) is 3.61. The van der Waals surface area contributed by atoms with E-state index in [0.29, 0.717) is 15.7 Å². The zero-order valence-electron chi connectivity index (χ0n) is 11.2. The average Bonchev–Trinajstić information content (AvgIpc) is 2.34. The van der Waals surface area contributed by atoms with Gasteiger partial charge < -0.3 is 11.1 Å². The van der Waals surface area contributed by atoms with Crippen LogP contribution in [0, 0.1) is 5.92 Å². The van der Waals surface area contributed by atoms with E-state index in [-0.39, 0.29) is 17.9 Å². The molecule has 0 fully saturated rings. The van der Waals surface area contributed by atoms with Crippen molar-refractivity contribution in [2.24, 2.45) is 11.7 Å². The third kappa shape index (κ3) is 5.39. The molecule has 0 aliphatic rings. The number of benzene rings is 1. The fraction of sp³-hybridized carbons (Fsp3) is 0.500. The van der Waals surface area contributed by atoms with Gasteiger partial charge in [-0.2, -0.15) is 0 Å². The minimum Gasteiger partial charge on any atom is -0.328 e. The topological polar surface area (TPSA) is 55.1 Å². The lowest BCUT2D eigenvalue weighted by molar-refractivity contribution is -0.119. The first-order valence-electron chi connectivity index (χ1n) is 6.42. The van der Waals surface area contributed by atoms with Crippen molar-refractivity contribution >= 4 is 34.8 Å². The predicted octanol–water partition coefficient (Wildman–Crippen LogP) is 4.09. The van der Waals surface area contributed by atoms with E-state index in [2.05, 4.69) is 5.32 Å². The van der Waals surface area contributed by atoms with Crippen molar-refractivity contribution in [3.05, 3.63) is 28.2 Å². The average molecular weight is 303 g/mol. The number of halogens is 2. The van der Waals surface area contributed by atoms with Crippen LogP contribution in [0.1, 0.15) is 33.1 Å². The van der Waals surface area contributed by atoms with E-state index in [0.717, 1.165) is 19.3 Å². The molecule has 1 rings (SSSR count). The molecule has 106 valence electrons. The van der Waals surface area contributed by atoms with Gasteiger partial charge in [-0.25, -0.2) is 0 Å². The summed E-state index contributed by atoms with van der Waals surface area (Å²) in [6.07, 6.45) is 2.68. The van der Waals surface area contributed by atoms with Gasteiger partial charge in [0.25, 0.3) is 0 Å². The number of rotatable bonds is 6. The van der Waals surface area contributed by atoms with Crippen LogP contribution in [0.4, 0.5) is 5.69 Å². The standard InChI is InChI=1S/C14H20Cl2N2O/c1-9(5-3-6-10(2)17)14(19)18-12-8-4-7-11(15)13(12)16/h4,7-10H,3,5-6,17H2,1-2H3,(H,18,19). The first-order valence-corrected chi connectivity index (χ1v) is 7.18. The Bertz CT molecular complexity index is 435. The van der Waals surface area contributed by atoms with Crippen molar-refractivity contribution in [3.63, 3.8) is 0 Å². The van der Waals surface area contributed by atoms with Crippen molar-refractivity contribution in [3.8, 4) is 0 Å². The molecule has 0 saturated heterocycles. The monoisotopic (exact) mass is 302 g/mol. The van der Waals surface area contributed by atoms with Gasteiger partial charge in [-0.3, -0.25) is 4.79 Å². The molecule has 1 aromatic carbocycles. The number of nitrogens with one attached hydrogen (secondary N) is 1. The van der Waals surface area contributed by atoms with Crippen LogP contribution in [-0.4, -0.2) is 11.9 Å². The molecule has 19 heavy (non-hydrogen) atoms. The summed E-state index contributed by atoms with van der Waals surface area (Å²) in [5.41, 5.74) is 6.24. The number of hydrogen-bond acceptors (Lipinski definition) is 2. The molecule has 3 N–H and O–H groups in total. The van der Waals surface area contributed by atoms with Crippen molar-refractivity contribution < 1.29 is 4.79 Å². The molecular weight excluding hydrogens is 283 g/mol. The molecule has 0 radical (unpaired) electrons. The van der Waals surface area contributed by atoms with E-state index >= 15 is 0 Å². The van der Waals surface area contributed by atoms with Gasteiger partial charge in [0, 0.05) is 12.0 Å². The van der Waals surface area contributed by atoms with Crippen LogP contribution in [0.2, 0.25) is 10.0 Å². The van der Waals surface area contributed by atoms with Crippen LogP contribution < -0.4 is 11.1 Å². The normalized spacial score (nSPS) is 13.9. The number of anilines is 1. The second kappa shape index (κ2) is 7.73. The third-order valence-corrected chi connectivity index (χ3v) is 3.77. The Morgan fingerprint density at radius 3 is 2.63 bits per heavy atom. The zero-order chi connectivity index (χ0) is 14.4. The smallest absolute Gasteiger partial charge is 0.227 e. The van der Waals surface area contributed by atoms with Crippen molar-refractivity contribution in [2.45, 2.75) is 39.2 Å². The van der Waals surface area contributed by atoms with Crippen LogP contribution in [0.5, 0.6) is 0 Å². The molecule has 0 heterocycles. The molecule has 2 atom stereocenters. The van der Waals surface area contributed by atoms with Crippen molar-refractivity contribution in [2.75, 3.05) is 5.32 Å². The lowest BCUT2D eigenvalue weighted by Gasteiger charge is -2.14. The Labute approximate surface area is 124 Å². The summed E-state index contributed by atoms with van der Waals surface area (Å²) in [5.74, 6) is -0.123. The highest BCUT2D eigenvalue weighted by molar-refractivity contribution is 6.43. The summed E-state index contributed by atoms with van der Waals surface area (Å²) < 4.78 is 0. The molecule has 1 aromatic rings. The van der Waals surface area contributed by atoms with Crippen molar-refractivity contribution in [1.82, 2.24) is 0 Å². The molecule has 0 aromatic heterocycles. The molecule has 2 unspecified atom stereocenters. The second-order valence-corrected chi connectivity index (χ2v) is 5.69. The maximum absolute atomic E-state index is 12.0. The number of carbonyl (C=O) groups is 1. The minimum absolute atomic E-state index is 0.0474. The SMILES string of the molecule is CC(N)CCCC(C)C(=O)Nc1cccc(Cl)c1Cl. The molecule has 0 bridgehead atoms. The first kappa shape index (κ1) is 16.3. The van der Waals surface area contributed by atoms with Crippen LogP contribution in [0.15, 0.2) is 18.2 Å². The summed E-state index contributed by atoms with van der Waals surface area (Å²) in [6, 6.07) is 5.36. The Hall–Kier alpha value is -0.770. The minimum atomic E-state index is -0.0752. The maximum Gasteiger partial charge on any atom is 0.227 e. The molecular formula is C14H20Cl2N2O. The largest absolute Gasteiger partial charge is 0.328 e. The molecule has 0 aliphatic heterocycles. The summed E-state index contributed by atoms with van der Waals surface area (Å²) in [6.45, 7) is 3.87. The van der Waals surface area contributed by atoms with E-state index in [1.54, 1.807) is 18.2 Å². The fourth-order valence-corrected chi connectivity index (χ4v) is 2.08. The first-order chi connectivity index (χ1) is 8.91. The highest BCUT2D eigenvalue weighted by Gasteiger charge is 2.15. The van der Waals surface area contributed by atoms with Gasteiger partial charge in [0.05, 0.1) is 15.7 Å². The van der Waals surface area contributed by atoms with E-state index < -0.39 is 0 Å². The predicted molar refractivity (Wildman–Crippen MR) is 81.8 cm³/mol. The molecule has 0 saturated carbocycles. The highest BCUT2D eigenvalue weighted by Crippen LogP contribution is 2.30. The van der Waals surface area contributed by atoms with Gasteiger partial charge >= 0.3 is 0 Å². The van der Waals surface area contributed by atoms with Crippen LogP contribution >= 0.6 is 23.2 Å². The molecule has 3 nitrogen and oxygen atoms in total. The number of hydrogen-bond donors (Lipinski definition) is 2. The number of amides is 1. The highest BCUT2D eigenvalue weighted by atomic mass is 35.5. The number of carbonyl (C=O) groups excluding carboxylic acids is 1. The fourth-order valence-electron chi connectivity index (χ4n) is 1.73. The quantitative estimate of drug-likeness (QED) is 0.831. The maximum atomic E-state index is 12.0. The summed E-state index contributed by atoms with van der Waals surface area (Å²) in [7, 11) is 0. The molecule has 0 aliphatic carbocycles. The van der Waals surface area contributed by atoms with E-state index in [4.69, 9.17) is 28.9 Å². The lowest BCUT2D eigenvalue weighted by Crippen LogP contribution is -2.21. The lowest BCUT2D eigenvalue weighted by atomic mass is 10.0. The Morgan fingerprint density at radius 2 is 2.00 bits per heavy atom. The van der Waals surface area contributed by atoms with Crippen LogP contribution in [0.3, 0.4) is 0 Å². The summed E-state index contributed by atoms with van der Waals surface area (Å²) >= 11 is 11.9. The Balaban J connectivity index is 2.52. The molecule has 0 spiro atoms. The second-order valence-electron chi connectivity index (χ2n) is 4.90. The molecule has 5 heteroatoms. The van der Waals surface area contributed by atoms with Gasteiger partial charge in [-0.1, -0.05) is 42.6 Å². The zero-order valence-corrected chi connectivity index (χ0v) is 12.8. The van der Waals surface area contributed by atoms with Gasteiger partial charge in [0.1, 0.15) is 0 Å². The third-order valence-electron chi connectivity index (χ3n) is 2.95. The van der Waals surface area contributed by atoms with Gasteiger partial charge in [-0.15, -0.1) is 0 Å². The van der Waals surface area contributed by atoms with Crippen LogP contribution in [-0.2, 0) is 4.79 Å². The van der Waals surface area contributed by atoms with E-state index in [1.165, 1.54) is 0 Å². The van der Waals surface area contributed by atoms with Crippen LogP contribution in [0.25, 0.3) is 0 Å². The van der Waals surface area contributed by atoms with E-state index in [1.807, 2.05) is 13.8 Å². The number of nitrogens with two attached hydrogens (primary N) is 1. The van der Waals surface area contributed by atoms with Crippen molar-refractivity contribution in [1.29, 1.82) is 0 Å². The van der Waals surface area contributed by atoms with E-state index in [9.17, 15) is 4.79 Å². The van der Waals surface area contributed by atoms with Gasteiger partial charge in [0.2, 0.25) is 5.91 Å². The molecule has 1 amide bonds. The Kier molecular flexibility index (Phi) is 6.63. The summed E-state index contributed by atoms with van der Waals surface area (Å²) in [4.78, 5) is 12.0. The van der Waals surface area contributed by atoms with Gasteiger partial charge in [0.15, 0.2) is 0 Å².